The van der Waals surface area contributed by atoms with Gasteiger partial charge in [-0.1, -0.05) is 30.8 Å². The van der Waals surface area contributed by atoms with Crippen LogP contribution in [0, 0.1) is 0 Å². The van der Waals surface area contributed by atoms with Crippen molar-refractivity contribution in [1.29, 1.82) is 0 Å². The van der Waals surface area contributed by atoms with Crippen molar-refractivity contribution < 1.29 is 51.2 Å². The second-order valence-electron chi connectivity index (χ2n) is 4.56. The molecule has 0 aliphatic heterocycles. The quantitative estimate of drug-likeness (QED) is 0.518. The van der Waals surface area contributed by atoms with E-state index >= 15 is 0 Å². The molecule has 10 heteroatoms. The maximum atomic E-state index is 12.2. The summed E-state index contributed by atoms with van der Waals surface area (Å²) in [6.45, 7) is 3.28. The molecule has 2 aromatic rings. The van der Waals surface area contributed by atoms with E-state index < -0.39 is 26.0 Å². The number of benzene rings is 2. The zero-order chi connectivity index (χ0) is 17.8. The molecule has 0 atom stereocenters. The van der Waals surface area contributed by atoms with Gasteiger partial charge in [0, 0.05) is 10.6 Å². The normalized spacial score (nSPS) is 11.2. The van der Waals surface area contributed by atoms with Crippen LogP contribution in [-0.2, 0) is 24.8 Å². The van der Waals surface area contributed by atoms with Gasteiger partial charge in [-0.3, -0.25) is 4.79 Å². The fourth-order valence-electron chi connectivity index (χ4n) is 1.74. The van der Waals surface area contributed by atoms with Crippen LogP contribution in [0.1, 0.15) is 0 Å². The predicted molar refractivity (Wildman–Crippen MR) is 89.4 cm³/mol. The molecule has 126 valence electrons. The molecule has 7 nitrogen and oxygen atoms in total. The number of hydrogen-bond acceptors (Lipinski definition) is 5. The van der Waals surface area contributed by atoms with Crippen molar-refractivity contribution in [3.05, 3.63) is 71.4 Å². The fraction of sp³-hybridized carbons (Fsp3) is 0. The molecule has 0 saturated carbocycles. The van der Waals surface area contributed by atoms with Crippen molar-refractivity contribution in [3.8, 4) is 0 Å². The zero-order valence-corrected chi connectivity index (χ0v) is 16.9. The summed E-state index contributed by atoms with van der Waals surface area (Å²) in [5.41, 5.74) is 0.174. The summed E-state index contributed by atoms with van der Waals surface area (Å²) in [4.78, 5) is 10.7. The molecule has 0 fully saturated rings. The third-order valence-electron chi connectivity index (χ3n) is 2.82. The van der Waals surface area contributed by atoms with E-state index in [1.807, 2.05) is 0 Å². The van der Waals surface area contributed by atoms with E-state index in [0.717, 1.165) is 12.1 Å². The smallest absolute Gasteiger partial charge is 0.428 e. The second-order valence-corrected chi connectivity index (χ2v) is 8.00. The Bertz CT molecular complexity index is 974. The Balaban J connectivity index is 0.00000312. The van der Waals surface area contributed by atoms with Crippen LogP contribution in [0.25, 0.3) is 4.13 Å². The molecule has 2 aromatic carbocycles. The van der Waals surface area contributed by atoms with E-state index in [9.17, 15) is 21.6 Å². The molecular formula is C15H13N2NaO5S2. The van der Waals surface area contributed by atoms with E-state index in [4.69, 9.17) is 0 Å². The summed E-state index contributed by atoms with van der Waals surface area (Å²) in [6, 6.07) is 12.1. The summed E-state index contributed by atoms with van der Waals surface area (Å²) in [5.74, 6) is -0.529. The Morgan fingerprint density at radius 3 is 2.08 bits per heavy atom. The van der Waals surface area contributed by atoms with Gasteiger partial charge in [0.1, 0.15) is 20.0 Å². The topological polar surface area (TPSA) is 111 Å². The molecule has 0 heterocycles. The van der Waals surface area contributed by atoms with Crippen molar-refractivity contribution in [2.24, 2.45) is 0 Å². The molecule has 1 N–H and O–H groups in total. The Morgan fingerprint density at radius 1 is 0.920 bits per heavy atom. The average molecular weight is 388 g/mol. The van der Waals surface area contributed by atoms with E-state index in [-0.39, 0.29) is 45.0 Å². The van der Waals surface area contributed by atoms with Gasteiger partial charge in [0.2, 0.25) is 5.91 Å². The summed E-state index contributed by atoms with van der Waals surface area (Å²) in [7, 11) is -8.84. The van der Waals surface area contributed by atoms with Crippen molar-refractivity contribution in [2.45, 2.75) is 9.79 Å². The third kappa shape index (κ3) is 5.77. The molecule has 0 unspecified atom stereocenters. The molecule has 0 saturated heterocycles. The van der Waals surface area contributed by atoms with Gasteiger partial charge in [-0.25, -0.2) is 16.8 Å². The van der Waals surface area contributed by atoms with Gasteiger partial charge in [-0.2, -0.15) is 0 Å². The molecule has 1 amide bonds. The number of carbonyl (C=O) groups is 1. The van der Waals surface area contributed by atoms with Gasteiger partial charge < -0.3 is 9.44 Å². The van der Waals surface area contributed by atoms with Crippen LogP contribution in [0.2, 0.25) is 0 Å². The Morgan fingerprint density at radius 2 is 1.48 bits per heavy atom. The first-order valence-electron chi connectivity index (χ1n) is 6.57. The summed E-state index contributed by atoms with van der Waals surface area (Å²) in [6.07, 6.45) is 1.02. The second kappa shape index (κ2) is 8.75. The molecule has 0 radical (unpaired) electrons. The Labute approximate surface area is 168 Å². The van der Waals surface area contributed by atoms with Crippen LogP contribution in [0.5, 0.6) is 0 Å². The minimum Gasteiger partial charge on any atom is -0.428 e. The molecule has 25 heavy (non-hydrogen) atoms. The van der Waals surface area contributed by atoms with Crippen LogP contribution >= 0.6 is 0 Å². The minimum absolute atomic E-state index is 0. The molecule has 0 spiro atoms. The van der Waals surface area contributed by atoms with Crippen molar-refractivity contribution in [2.75, 3.05) is 5.32 Å². The van der Waals surface area contributed by atoms with Crippen LogP contribution in [0.4, 0.5) is 5.69 Å². The molecule has 0 aliphatic carbocycles. The predicted octanol–water partition coefficient (Wildman–Crippen LogP) is -0.734. The first kappa shape index (κ1) is 21.6. The van der Waals surface area contributed by atoms with Crippen molar-refractivity contribution in [1.82, 2.24) is 0 Å². The Hall–Kier alpha value is -1.49. The third-order valence-corrected chi connectivity index (χ3v) is 6.11. The first-order chi connectivity index (χ1) is 11.2. The SMILES string of the molecule is C=CC(=O)Nc1cccc(S(=O)(=O)[N-]S(=O)(=O)c2ccccc2)c1.[Na+]. The van der Waals surface area contributed by atoms with Gasteiger partial charge in [0.15, 0.2) is 0 Å². The number of hydrogen-bond donors (Lipinski definition) is 1. The number of sulfonamides is 2. The molecule has 0 aliphatic rings. The number of carbonyl (C=O) groups excluding carboxylic acids is 1. The van der Waals surface area contributed by atoms with Crippen molar-refractivity contribution in [3.63, 3.8) is 0 Å². The summed E-state index contributed by atoms with van der Waals surface area (Å²) < 4.78 is 51.7. The van der Waals surface area contributed by atoms with Crippen LogP contribution in [0.15, 0.2) is 77.0 Å². The van der Waals surface area contributed by atoms with E-state index in [2.05, 4.69) is 16.0 Å². The van der Waals surface area contributed by atoms with Gasteiger partial charge >= 0.3 is 29.6 Å². The monoisotopic (exact) mass is 388 g/mol. The number of anilines is 1. The van der Waals surface area contributed by atoms with E-state index in [1.165, 1.54) is 42.5 Å². The van der Waals surface area contributed by atoms with E-state index in [1.54, 1.807) is 6.07 Å². The average Bonchev–Trinajstić information content (AvgIpc) is 2.55. The largest absolute Gasteiger partial charge is 1.00 e. The maximum absolute atomic E-state index is 12.2. The molecule has 2 rings (SSSR count). The number of rotatable bonds is 6. The molecule has 0 bridgehead atoms. The molecule has 0 aromatic heterocycles. The number of nitrogens with zero attached hydrogens (tertiary/aromatic N) is 1. The number of amides is 1. The number of nitrogens with one attached hydrogen (secondary N) is 1. The standard InChI is InChI=1S/C15H13N2O5S2.Na/c1-2-15(18)16-12-7-6-10-14(11-12)24(21,22)17-23(19,20)13-8-4-3-5-9-13;/h2-11H,1H2,(H,16,18);/q-1;+1. The van der Waals surface area contributed by atoms with Gasteiger partial charge in [-0.05, 0) is 36.4 Å². The van der Waals surface area contributed by atoms with Crippen LogP contribution in [-0.4, -0.2) is 22.7 Å². The summed E-state index contributed by atoms with van der Waals surface area (Å²) >= 11 is 0. The van der Waals surface area contributed by atoms with Crippen LogP contribution in [0.3, 0.4) is 0 Å². The van der Waals surface area contributed by atoms with Crippen molar-refractivity contribution >= 4 is 31.6 Å². The molecular weight excluding hydrogens is 375 g/mol. The first-order valence-corrected chi connectivity index (χ1v) is 9.45. The van der Waals surface area contributed by atoms with Gasteiger partial charge in [0.25, 0.3) is 0 Å². The Kier molecular flexibility index (Phi) is 7.54. The van der Waals surface area contributed by atoms with E-state index in [0.29, 0.717) is 0 Å². The van der Waals surface area contributed by atoms with Gasteiger partial charge in [-0.15, -0.1) is 0 Å². The maximum Gasteiger partial charge on any atom is 1.00 e. The zero-order valence-electron chi connectivity index (χ0n) is 13.3. The minimum atomic E-state index is -4.47. The van der Waals surface area contributed by atoms with Gasteiger partial charge in [0.05, 0.1) is 4.90 Å². The van der Waals surface area contributed by atoms with Crippen LogP contribution < -0.4 is 34.9 Å². The summed E-state index contributed by atoms with van der Waals surface area (Å²) in [5, 5.41) is 2.39. The fourth-order valence-corrected chi connectivity index (χ4v) is 4.48.